The van der Waals surface area contributed by atoms with Gasteiger partial charge in [-0.15, -0.1) is 0 Å². The summed E-state index contributed by atoms with van der Waals surface area (Å²) in [5.74, 6) is -1.81. The van der Waals surface area contributed by atoms with Crippen LogP contribution in [0.15, 0.2) is 42.5 Å². The van der Waals surface area contributed by atoms with Crippen molar-refractivity contribution >= 4 is 23.9 Å². The van der Waals surface area contributed by atoms with Gasteiger partial charge in [0.1, 0.15) is 29.2 Å². The number of aromatic hydroxyl groups is 2. The fourth-order valence-electron chi connectivity index (χ4n) is 4.55. The summed E-state index contributed by atoms with van der Waals surface area (Å²) in [6.07, 6.45) is -0.472. The lowest BCUT2D eigenvalue weighted by Gasteiger charge is -2.44. The average molecular weight is 614 g/mol. The summed E-state index contributed by atoms with van der Waals surface area (Å²) in [7, 11) is 0. The van der Waals surface area contributed by atoms with Crippen LogP contribution in [0.5, 0.6) is 11.5 Å². The van der Waals surface area contributed by atoms with Crippen molar-refractivity contribution in [2.24, 2.45) is 0 Å². The van der Waals surface area contributed by atoms with Gasteiger partial charge in [0, 0.05) is 24.1 Å². The van der Waals surface area contributed by atoms with E-state index in [9.17, 15) is 29.4 Å². The van der Waals surface area contributed by atoms with Crippen molar-refractivity contribution in [3.63, 3.8) is 0 Å². The molecule has 0 bridgehead atoms. The summed E-state index contributed by atoms with van der Waals surface area (Å²) < 4.78 is 10.4. The van der Waals surface area contributed by atoms with Crippen LogP contribution in [0.2, 0.25) is 0 Å². The molecule has 2 aromatic carbocycles. The van der Waals surface area contributed by atoms with Crippen LogP contribution in [0.1, 0.15) is 84.0 Å². The number of aryl methyl sites for hydroxylation is 1. The second-order valence-corrected chi connectivity index (χ2v) is 12.2. The van der Waals surface area contributed by atoms with Gasteiger partial charge in [0.2, 0.25) is 11.8 Å². The minimum absolute atomic E-state index is 0.0195. The molecule has 44 heavy (non-hydrogen) atoms. The summed E-state index contributed by atoms with van der Waals surface area (Å²) in [6.45, 7) is 14.1. The lowest BCUT2D eigenvalue weighted by molar-refractivity contribution is -0.149. The quantitative estimate of drug-likeness (QED) is 0.238. The Balaban J connectivity index is 2.66. The summed E-state index contributed by atoms with van der Waals surface area (Å²) in [6, 6.07) is 8.62. The molecule has 2 atom stereocenters. The summed E-state index contributed by atoms with van der Waals surface area (Å²) in [5.41, 5.74) is -0.470. The van der Waals surface area contributed by atoms with Crippen molar-refractivity contribution < 1.29 is 38.9 Å². The van der Waals surface area contributed by atoms with E-state index in [0.29, 0.717) is 17.5 Å². The Bertz CT molecular complexity index is 1300. The van der Waals surface area contributed by atoms with Crippen molar-refractivity contribution in [3.05, 3.63) is 59.2 Å². The lowest BCUT2D eigenvalue weighted by Crippen LogP contribution is -2.60. The highest BCUT2D eigenvalue weighted by molar-refractivity contribution is 5.93. The van der Waals surface area contributed by atoms with Crippen molar-refractivity contribution in [2.45, 2.75) is 97.9 Å². The fourth-order valence-corrected chi connectivity index (χ4v) is 4.55. The second-order valence-electron chi connectivity index (χ2n) is 12.2. The third-order valence-electron chi connectivity index (χ3n) is 7.12. The highest BCUT2D eigenvalue weighted by Gasteiger charge is 2.44. The number of hydrogen-bond acceptors (Lipinski definition) is 8. The number of phenolic OH excluding ortho intramolecular Hbond substituents is 2. The molecule has 0 spiro atoms. The van der Waals surface area contributed by atoms with E-state index in [1.807, 2.05) is 6.92 Å². The van der Waals surface area contributed by atoms with Crippen LogP contribution in [0.25, 0.3) is 0 Å². The van der Waals surface area contributed by atoms with E-state index in [2.05, 4.69) is 10.6 Å². The molecule has 11 heteroatoms. The number of para-hydroxylation sites is 1. The first-order chi connectivity index (χ1) is 20.5. The van der Waals surface area contributed by atoms with Crippen LogP contribution < -0.4 is 10.6 Å². The van der Waals surface area contributed by atoms with E-state index in [1.54, 1.807) is 78.8 Å². The predicted octanol–water partition coefficient (Wildman–Crippen LogP) is 4.67. The molecule has 11 nitrogen and oxygen atoms in total. The Morgan fingerprint density at radius 3 is 2.16 bits per heavy atom. The minimum Gasteiger partial charge on any atom is -0.508 e. The topological polar surface area (TPSA) is 154 Å². The molecule has 0 aliphatic heterocycles. The molecule has 242 valence electrons. The number of rotatable bonds is 13. The number of esters is 1. The van der Waals surface area contributed by atoms with E-state index >= 15 is 0 Å². The molecule has 4 N–H and O–H groups in total. The number of nitrogens with one attached hydrogen (secondary N) is 2. The van der Waals surface area contributed by atoms with Crippen LogP contribution >= 0.6 is 0 Å². The Hall–Kier alpha value is -4.28. The molecular formula is C33H47N3O8. The number of amides is 3. The van der Waals surface area contributed by atoms with E-state index in [4.69, 9.17) is 9.47 Å². The van der Waals surface area contributed by atoms with Crippen LogP contribution in [-0.4, -0.2) is 69.3 Å². The summed E-state index contributed by atoms with van der Waals surface area (Å²) in [4.78, 5) is 55.0. The number of carbonyl (C=O) groups is 4. The summed E-state index contributed by atoms with van der Waals surface area (Å²) >= 11 is 0. The third-order valence-corrected chi connectivity index (χ3v) is 7.12. The minimum atomic E-state index is -1.33. The molecule has 2 unspecified atom stereocenters. The molecule has 3 amide bonds. The monoisotopic (exact) mass is 613 g/mol. The van der Waals surface area contributed by atoms with Crippen LogP contribution in [0, 0.1) is 6.92 Å². The highest BCUT2D eigenvalue weighted by atomic mass is 16.6. The summed E-state index contributed by atoms with van der Waals surface area (Å²) in [5, 5.41) is 26.3. The Labute approximate surface area is 259 Å². The van der Waals surface area contributed by atoms with Crippen LogP contribution in [0.4, 0.5) is 4.79 Å². The number of phenols is 2. The van der Waals surface area contributed by atoms with Crippen molar-refractivity contribution in [1.29, 1.82) is 0 Å². The van der Waals surface area contributed by atoms with Gasteiger partial charge in [-0.1, -0.05) is 37.3 Å². The molecule has 0 saturated carbocycles. The van der Waals surface area contributed by atoms with Gasteiger partial charge in [-0.25, -0.2) is 4.79 Å². The maximum absolute atomic E-state index is 14.7. The van der Waals surface area contributed by atoms with Crippen molar-refractivity contribution in [2.75, 3.05) is 13.2 Å². The first-order valence-electron chi connectivity index (χ1n) is 14.8. The van der Waals surface area contributed by atoms with Gasteiger partial charge in [-0.3, -0.25) is 14.4 Å². The number of carbonyl (C=O) groups excluding carboxylic acids is 4. The normalized spacial score (nSPS) is 12.9. The largest absolute Gasteiger partial charge is 0.508 e. The van der Waals surface area contributed by atoms with Gasteiger partial charge >= 0.3 is 12.1 Å². The molecule has 0 radical (unpaired) electrons. The van der Waals surface area contributed by atoms with Crippen molar-refractivity contribution in [1.82, 2.24) is 15.5 Å². The third kappa shape index (κ3) is 10.2. The molecule has 2 aromatic rings. The molecule has 0 fully saturated rings. The molecule has 0 saturated heterocycles. The smallest absolute Gasteiger partial charge is 0.408 e. The van der Waals surface area contributed by atoms with E-state index in [0.717, 1.165) is 0 Å². The zero-order valence-electron chi connectivity index (χ0n) is 27.0. The predicted molar refractivity (Wildman–Crippen MR) is 166 cm³/mol. The highest BCUT2D eigenvalue weighted by Crippen LogP contribution is 2.37. The lowest BCUT2D eigenvalue weighted by atomic mass is 9.90. The number of ether oxygens (including phenoxy) is 2. The number of benzene rings is 2. The van der Waals surface area contributed by atoms with Crippen LogP contribution in [-0.2, 0) is 30.3 Å². The van der Waals surface area contributed by atoms with Crippen molar-refractivity contribution in [3.8, 4) is 11.5 Å². The zero-order chi connectivity index (χ0) is 33.2. The molecule has 2 rings (SSSR count). The number of alkyl carbamates (subject to hydrolysis) is 1. The molecular weight excluding hydrogens is 566 g/mol. The molecule has 0 aliphatic rings. The second kappa shape index (κ2) is 15.4. The van der Waals surface area contributed by atoms with Gasteiger partial charge in [0.25, 0.3) is 0 Å². The van der Waals surface area contributed by atoms with Crippen LogP contribution in [0.3, 0.4) is 0 Å². The van der Waals surface area contributed by atoms with E-state index < -0.39 is 47.1 Å². The van der Waals surface area contributed by atoms with Gasteiger partial charge in [0.15, 0.2) is 0 Å². The first-order valence-corrected chi connectivity index (χ1v) is 14.8. The van der Waals surface area contributed by atoms with E-state index in [-0.39, 0.29) is 43.1 Å². The maximum atomic E-state index is 14.7. The Morgan fingerprint density at radius 2 is 1.59 bits per heavy atom. The number of hydrogen-bond donors (Lipinski definition) is 4. The Morgan fingerprint density at radius 1 is 0.955 bits per heavy atom. The zero-order valence-corrected chi connectivity index (χ0v) is 27.0. The number of nitrogens with zero attached hydrogens (tertiary/aromatic N) is 1. The molecule has 0 aliphatic carbocycles. The fraction of sp³-hybridized carbons (Fsp3) is 0.515. The average Bonchev–Trinajstić information content (AvgIpc) is 2.93. The van der Waals surface area contributed by atoms with Gasteiger partial charge in [-0.2, -0.15) is 0 Å². The van der Waals surface area contributed by atoms with Gasteiger partial charge in [-0.05, 0) is 78.1 Å². The Kier molecular flexibility index (Phi) is 12.6. The maximum Gasteiger partial charge on any atom is 0.408 e. The standard InChI is InChI=1S/C33H47N3O8/c1-9-33(7,8)36(27(24-13-11-12-21(3)28(24)39)29(40)34-19-18-26(38)43-10-2)30(41)25(35-31(42)44-32(4,5)6)20-22-14-16-23(37)17-15-22/h11-17,25,27,37,39H,9-10,18-20H2,1-8H3,(H,34,40)(H,35,42). The van der Waals surface area contributed by atoms with E-state index in [1.165, 1.54) is 17.0 Å². The molecule has 0 aromatic heterocycles. The van der Waals surface area contributed by atoms with Gasteiger partial charge < -0.3 is 35.2 Å². The first kappa shape index (κ1) is 35.9. The SMILES string of the molecule is CCOC(=O)CCNC(=O)C(c1cccc(C)c1O)N(C(=O)C(Cc1ccc(O)cc1)NC(=O)OC(C)(C)C)C(C)(C)CC. The molecule has 0 heterocycles. The van der Waals surface area contributed by atoms with Gasteiger partial charge in [0.05, 0.1) is 13.0 Å².